The van der Waals surface area contributed by atoms with Crippen LogP contribution in [0.15, 0.2) is 47.4 Å². The van der Waals surface area contributed by atoms with E-state index in [1.54, 1.807) is 18.2 Å². The molecule has 2 aromatic rings. The third-order valence-corrected chi connectivity index (χ3v) is 5.72. The second-order valence-corrected chi connectivity index (χ2v) is 7.17. The van der Waals surface area contributed by atoms with Crippen molar-refractivity contribution >= 4 is 15.7 Å². The van der Waals surface area contributed by atoms with Crippen LogP contribution >= 0.6 is 0 Å². The number of hydrogen-bond acceptors (Lipinski definition) is 3. The SMILES string of the molecule is COc1cccc2c1CCN2S(=O)(=O)c1cccc(C(F)(F)F)c1. The summed E-state index contributed by atoms with van der Waals surface area (Å²) in [6.07, 6.45) is -4.16. The number of fused-ring (bicyclic) bond motifs is 1. The van der Waals surface area contributed by atoms with Gasteiger partial charge in [0.25, 0.3) is 10.0 Å². The fourth-order valence-electron chi connectivity index (χ4n) is 2.77. The van der Waals surface area contributed by atoms with E-state index in [0.29, 0.717) is 23.9 Å². The lowest BCUT2D eigenvalue weighted by Gasteiger charge is -2.20. The summed E-state index contributed by atoms with van der Waals surface area (Å²) in [6, 6.07) is 8.77. The summed E-state index contributed by atoms with van der Waals surface area (Å²) in [6.45, 7) is 0.161. The van der Waals surface area contributed by atoms with E-state index >= 15 is 0 Å². The molecule has 1 aliphatic heterocycles. The van der Waals surface area contributed by atoms with Gasteiger partial charge < -0.3 is 4.74 Å². The monoisotopic (exact) mass is 357 g/mol. The first-order valence-corrected chi connectivity index (χ1v) is 8.55. The molecule has 0 aliphatic carbocycles. The van der Waals surface area contributed by atoms with Crippen LogP contribution in [0.4, 0.5) is 18.9 Å². The lowest BCUT2D eigenvalue weighted by molar-refractivity contribution is -0.137. The third kappa shape index (κ3) is 2.71. The molecular weight excluding hydrogens is 343 g/mol. The molecule has 0 atom stereocenters. The van der Waals surface area contributed by atoms with E-state index in [4.69, 9.17) is 4.74 Å². The topological polar surface area (TPSA) is 46.6 Å². The maximum atomic E-state index is 12.8. The third-order valence-electron chi connectivity index (χ3n) is 3.91. The molecule has 1 heterocycles. The average molecular weight is 357 g/mol. The Morgan fingerprint density at radius 2 is 1.83 bits per heavy atom. The first-order chi connectivity index (χ1) is 11.2. The first-order valence-electron chi connectivity index (χ1n) is 7.11. The molecule has 24 heavy (non-hydrogen) atoms. The van der Waals surface area contributed by atoms with Crippen LogP contribution in [-0.4, -0.2) is 22.1 Å². The standard InChI is InChI=1S/C16H14F3NO3S/c1-23-15-7-3-6-14-13(15)8-9-20(14)24(21,22)12-5-2-4-11(10-12)16(17,18)19/h2-7,10H,8-9H2,1H3. The Hall–Kier alpha value is -2.22. The van der Waals surface area contributed by atoms with Crippen molar-refractivity contribution in [1.29, 1.82) is 0 Å². The highest BCUT2D eigenvalue weighted by Crippen LogP contribution is 2.39. The normalized spacial score (nSPS) is 14.6. The van der Waals surface area contributed by atoms with E-state index in [-0.39, 0.29) is 11.4 Å². The maximum Gasteiger partial charge on any atom is 0.416 e. The Labute approximate surface area is 137 Å². The van der Waals surface area contributed by atoms with E-state index in [2.05, 4.69) is 0 Å². The minimum atomic E-state index is -4.60. The number of rotatable bonds is 3. The molecule has 0 bridgehead atoms. The van der Waals surface area contributed by atoms with Gasteiger partial charge in [-0.3, -0.25) is 4.31 Å². The predicted octanol–water partition coefficient (Wildman–Crippen LogP) is 3.47. The molecule has 0 saturated heterocycles. The molecule has 2 aromatic carbocycles. The lowest BCUT2D eigenvalue weighted by Crippen LogP contribution is -2.29. The summed E-state index contributed by atoms with van der Waals surface area (Å²) < 4.78 is 70.5. The molecule has 0 fully saturated rings. The second-order valence-electron chi connectivity index (χ2n) is 5.31. The van der Waals surface area contributed by atoms with Gasteiger partial charge in [0.15, 0.2) is 0 Å². The van der Waals surface area contributed by atoms with Gasteiger partial charge in [0, 0.05) is 12.1 Å². The molecule has 0 amide bonds. The number of nitrogens with zero attached hydrogens (tertiary/aromatic N) is 1. The van der Waals surface area contributed by atoms with Crippen molar-refractivity contribution < 1.29 is 26.3 Å². The van der Waals surface area contributed by atoms with Crippen molar-refractivity contribution in [3.8, 4) is 5.75 Å². The summed E-state index contributed by atoms with van der Waals surface area (Å²) in [5.74, 6) is 0.564. The van der Waals surface area contributed by atoms with Crippen molar-refractivity contribution in [3.05, 3.63) is 53.6 Å². The summed E-state index contributed by atoms with van der Waals surface area (Å²) in [5.41, 5.74) is 0.177. The summed E-state index contributed by atoms with van der Waals surface area (Å²) in [7, 11) is -2.60. The molecule has 1 aliphatic rings. The fraction of sp³-hybridized carbons (Fsp3) is 0.250. The van der Waals surface area contributed by atoms with E-state index < -0.39 is 21.8 Å². The van der Waals surface area contributed by atoms with Gasteiger partial charge in [0.05, 0.1) is 23.3 Å². The second kappa shape index (κ2) is 5.70. The minimum Gasteiger partial charge on any atom is -0.496 e. The van der Waals surface area contributed by atoms with Crippen LogP contribution in [0.25, 0.3) is 0 Å². The van der Waals surface area contributed by atoms with Gasteiger partial charge in [0.1, 0.15) is 5.75 Å². The molecule has 0 unspecified atom stereocenters. The Morgan fingerprint density at radius 1 is 1.12 bits per heavy atom. The van der Waals surface area contributed by atoms with Crippen LogP contribution in [-0.2, 0) is 22.6 Å². The van der Waals surface area contributed by atoms with Crippen molar-refractivity contribution in [3.63, 3.8) is 0 Å². The highest BCUT2D eigenvalue weighted by atomic mass is 32.2. The summed E-state index contributed by atoms with van der Waals surface area (Å²) in [5, 5.41) is 0. The number of hydrogen-bond donors (Lipinski definition) is 0. The Bertz CT molecular complexity index is 878. The van der Waals surface area contributed by atoms with E-state index in [0.717, 1.165) is 22.0 Å². The lowest BCUT2D eigenvalue weighted by atomic mass is 10.1. The molecule has 0 saturated carbocycles. The number of halogens is 3. The number of anilines is 1. The van der Waals surface area contributed by atoms with E-state index in [9.17, 15) is 21.6 Å². The Morgan fingerprint density at radius 3 is 2.50 bits per heavy atom. The van der Waals surface area contributed by atoms with Crippen molar-refractivity contribution in [2.45, 2.75) is 17.5 Å². The molecule has 8 heteroatoms. The van der Waals surface area contributed by atoms with Gasteiger partial charge in [-0.25, -0.2) is 8.42 Å². The van der Waals surface area contributed by atoms with Crippen LogP contribution in [0, 0.1) is 0 Å². The highest BCUT2D eigenvalue weighted by Gasteiger charge is 2.35. The van der Waals surface area contributed by atoms with Crippen LogP contribution < -0.4 is 9.04 Å². The van der Waals surface area contributed by atoms with Crippen molar-refractivity contribution in [2.75, 3.05) is 18.0 Å². The molecule has 128 valence electrons. The van der Waals surface area contributed by atoms with Crippen LogP contribution in [0.3, 0.4) is 0 Å². The average Bonchev–Trinajstić information content (AvgIpc) is 2.99. The zero-order valence-corrected chi connectivity index (χ0v) is 13.5. The van der Waals surface area contributed by atoms with Crippen LogP contribution in [0.1, 0.15) is 11.1 Å². The molecule has 4 nitrogen and oxygen atoms in total. The van der Waals surface area contributed by atoms with Crippen molar-refractivity contribution in [2.24, 2.45) is 0 Å². The van der Waals surface area contributed by atoms with Crippen LogP contribution in [0.2, 0.25) is 0 Å². The van der Waals surface area contributed by atoms with Gasteiger partial charge in [-0.05, 0) is 36.8 Å². The molecule has 0 aromatic heterocycles. The largest absolute Gasteiger partial charge is 0.496 e. The molecule has 0 radical (unpaired) electrons. The zero-order valence-electron chi connectivity index (χ0n) is 12.7. The molecular formula is C16H14F3NO3S. The summed E-state index contributed by atoms with van der Waals surface area (Å²) in [4.78, 5) is -0.381. The Balaban J connectivity index is 2.06. The van der Waals surface area contributed by atoms with Gasteiger partial charge in [0.2, 0.25) is 0 Å². The van der Waals surface area contributed by atoms with Crippen LogP contribution in [0.5, 0.6) is 5.75 Å². The number of alkyl halides is 3. The Kier molecular flexibility index (Phi) is 3.95. The maximum absolute atomic E-state index is 12.8. The van der Waals surface area contributed by atoms with E-state index in [1.807, 2.05) is 0 Å². The fourth-order valence-corrected chi connectivity index (χ4v) is 4.32. The van der Waals surface area contributed by atoms with Gasteiger partial charge in [-0.2, -0.15) is 13.2 Å². The van der Waals surface area contributed by atoms with Gasteiger partial charge >= 0.3 is 6.18 Å². The molecule has 0 N–H and O–H groups in total. The van der Waals surface area contributed by atoms with Gasteiger partial charge in [-0.15, -0.1) is 0 Å². The van der Waals surface area contributed by atoms with Crippen molar-refractivity contribution in [1.82, 2.24) is 0 Å². The number of sulfonamides is 1. The number of benzene rings is 2. The molecule has 0 spiro atoms. The predicted molar refractivity (Wildman–Crippen MR) is 82.7 cm³/mol. The molecule has 3 rings (SSSR count). The summed E-state index contributed by atoms with van der Waals surface area (Å²) >= 11 is 0. The van der Waals surface area contributed by atoms with E-state index in [1.165, 1.54) is 13.2 Å². The smallest absolute Gasteiger partial charge is 0.416 e. The number of ether oxygens (including phenoxy) is 1. The quantitative estimate of drug-likeness (QED) is 0.845. The first kappa shape index (κ1) is 16.6. The minimum absolute atomic E-state index is 0.161. The zero-order chi connectivity index (χ0) is 17.5. The number of methoxy groups -OCH3 is 1. The highest BCUT2D eigenvalue weighted by molar-refractivity contribution is 7.92. The van der Waals surface area contributed by atoms with Gasteiger partial charge in [-0.1, -0.05) is 12.1 Å².